The van der Waals surface area contributed by atoms with Crippen LogP contribution in [0.2, 0.25) is 0 Å². The molecule has 30 heavy (non-hydrogen) atoms. The lowest BCUT2D eigenvalue weighted by Gasteiger charge is -2.22. The third-order valence-electron chi connectivity index (χ3n) is 5.87. The number of benzene rings is 1. The smallest absolute Gasteiger partial charge is 0.325 e. The first kappa shape index (κ1) is 19.9. The third-order valence-corrected chi connectivity index (χ3v) is 5.87. The van der Waals surface area contributed by atoms with Crippen molar-refractivity contribution < 1.29 is 19.1 Å². The van der Waals surface area contributed by atoms with Crippen molar-refractivity contribution in [2.75, 3.05) is 13.7 Å². The molecule has 2 aliphatic rings. The molecule has 0 spiro atoms. The molecule has 0 radical (unpaired) electrons. The maximum atomic E-state index is 12.9. The summed E-state index contributed by atoms with van der Waals surface area (Å²) in [5.41, 5.74) is -0.106. The van der Waals surface area contributed by atoms with Crippen LogP contribution >= 0.6 is 0 Å². The van der Waals surface area contributed by atoms with Gasteiger partial charge in [-0.15, -0.1) is 0 Å². The molecule has 9 heteroatoms. The van der Waals surface area contributed by atoms with Crippen molar-refractivity contribution in [3.63, 3.8) is 0 Å². The highest BCUT2D eigenvalue weighted by Gasteiger charge is 2.56. The molecule has 1 saturated carbocycles. The normalized spacial score (nSPS) is 22.0. The van der Waals surface area contributed by atoms with E-state index in [1.807, 2.05) is 23.7 Å². The number of aromatic nitrogens is 2. The Morgan fingerprint density at radius 2 is 2.03 bits per heavy atom. The van der Waals surface area contributed by atoms with Crippen molar-refractivity contribution >= 4 is 17.8 Å². The Morgan fingerprint density at radius 1 is 1.33 bits per heavy atom. The largest absolute Gasteiger partial charge is 0.497 e. The first-order valence-corrected chi connectivity index (χ1v) is 9.88. The Bertz CT molecular complexity index is 982. The Kier molecular flexibility index (Phi) is 4.97. The molecule has 1 aliphatic carbocycles. The van der Waals surface area contributed by atoms with Gasteiger partial charge in [-0.25, -0.2) is 9.78 Å². The van der Waals surface area contributed by atoms with Gasteiger partial charge in [-0.1, -0.05) is 12.1 Å². The number of carbonyl (C=O) groups excluding carboxylic acids is 3. The Morgan fingerprint density at radius 3 is 2.60 bits per heavy atom. The van der Waals surface area contributed by atoms with Crippen LogP contribution in [0.3, 0.4) is 0 Å². The fourth-order valence-electron chi connectivity index (χ4n) is 3.90. The first-order valence-electron chi connectivity index (χ1n) is 9.88. The highest BCUT2D eigenvalue weighted by molar-refractivity contribution is 6.09. The standard InChI is InChI=1S/C21H25N5O4/c1-21(14-6-7-14)19(28)26(20(29)24-21)12-16(27)23-17(18-22-10-11-25(18)2)13-4-8-15(30-3)9-5-13/h4-5,8-11,14,17H,6-7,12H2,1-3H3,(H,23,27)(H,24,29). The van der Waals surface area contributed by atoms with Gasteiger partial charge < -0.3 is 19.9 Å². The van der Waals surface area contributed by atoms with Crippen molar-refractivity contribution in [3.05, 3.63) is 48.0 Å². The number of rotatable bonds is 7. The van der Waals surface area contributed by atoms with E-state index in [2.05, 4.69) is 15.6 Å². The number of ether oxygens (including phenoxy) is 1. The molecule has 2 N–H and O–H groups in total. The third kappa shape index (κ3) is 3.51. The lowest BCUT2D eigenvalue weighted by atomic mass is 9.96. The van der Waals surface area contributed by atoms with Crippen LogP contribution in [0, 0.1) is 5.92 Å². The monoisotopic (exact) mass is 411 g/mol. The lowest BCUT2D eigenvalue weighted by Crippen LogP contribution is -2.47. The van der Waals surface area contributed by atoms with Gasteiger partial charge in [0, 0.05) is 19.4 Å². The molecule has 1 aromatic carbocycles. The number of nitrogens with zero attached hydrogens (tertiary/aromatic N) is 3. The van der Waals surface area contributed by atoms with Crippen molar-refractivity contribution in [1.82, 2.24) is 25.1 Å². The molecule has 0 bridgehead atoms. The van der Waals surface area contributed by atoms with Gasteiger partial charge in [-0.2, -0.15) is 0 Å². The van der Waals surface area contributed by atoms with Crippen LogP contribution in [-0.2, 0) is 16.6 Å². The van der Waals surface area contributed by atoms with Gasteiger partial charge in [-0.3, -0.25) is 14.5 Å². The average molecular weight is 411 g/mol. The molecule has 9 nitrogen and oxygen atoms in total. The van der Waals surface area contributed by atoms with Crippen LogP contribution in [0.4, 0.5) is 4.79 Å². The molecule has 2 heterocycles. The molecule has 158 valence electrons. The Balaban J connectivity index is 1.53. The van der Waals surface area contributed by atoms with E-state index in [1.165, 1.54) is 0 Å². The fraction of sp³-hybridized carbons (Fsp3) is 0.429. The van der Waals surface area contributed by atoms with E-state index < -0.39 is 23.5 Å². The minimum atomic E-state index is -0.910. The van der Waals surface area contributed by atoms with Crippen molar-refractivity contribution in [1.29, 1.82) is 0 Å². The molecule has 2 aromatic rings. The zero-order chi connectivity index (χ0) is 21.5. The van der Waals surface area contributed by atoms with Crippen molar-refractivity contribution in [2.45, 2.75) is 31.3 Å². The number of methoxy groups -OCH3 is 1. The van der Waals surface area contributed by atoms with Gasteiger partial charge in [0.2, 0.25) is 5.91 Å². The maximum absolute atomic E-state index is 12.9. The van der Waals surface area contributed by atoms with Crippen LogP contribution in [-0.4, -0.2) is 51.5 Å². The fourth-order valence-corrected chi connectivity index (χ4v) is 3.90. The zero-order valence-electron chi connectivity index (χ0n) is 17.2. The minimum Gasteiger partial charge on any atom is -0.497 e. The average Bonchev–Trinajstić information content (AvgIpc) is 3.47. The van der Waals surface area contributed by atoms with Gasteiger partial charge in [-0.05, 0) is 43.4 Å². The van der Waals surface area contributed by atoms with E-state index in [0.717, 1.165) is 23.3 Å². The van der Waals surface area contributed by atoms with Gasteiger partial charge >= 0.3 is 6.03 Å². The number of amides is 4. The Hall–Kier alpha value is -3.36. The van der Waals surface area contributed by atoms with Crippen LogP contribution in [0.15, 0.2) is 36.7 Å². The van der Waals surface area contributed by atoms with E-state index in [1.54, 1.807) is 38.6 Å². The summed E-state index contributed by atoms with van der Waals surface area (Å²) in [5, 5.41) is 5.68. The van der Waals surface area contributed by atoms with E-state index in [4.69, 9.17) is 4.74 Å². The number of hydrogen-bond donors (Lipinski definition) is 2. The molecule has 2 atom stereocenters. The van der Waals surface area contributed by atoms with Gasteiger partial charge in [0.05, 0.1) is 7.11 Å². The van der Waals surface area contributed by atoms with Gasteiger partial charge in [0.1, 0.15) is 29.7 Å². The number of urea groups is 1. The number of imide groups is 1. The minimum absolute atomic E-state index is 0.140. The van der Waals surface area contributed by atoms with E-state index >= 15 is 0 Å². The molecule has 1 aromatic heterocycles. The number of nitrogens with one attached hydrogen (secondary N) is 2. The summed E-state index contributed by atoms with van der Waals surface area (Å²) in [7, 11) is 3.42. The van der Waals surface area contributed by atoms with E-state index in [9.17, 15) is 14.4 Å². The van der Waals surface area contributed by atoms with Gasteiger partial charge in [0.15, 0.2) is 0 Å². The maximum Gasteiger partial charge on any atom is 0.325 e. The summed E-state index contributed by atoms with van der Waals surface area (Å²) < 4.78 is 7.02. The lowest BCUT2D eigenvalue weighted by molar-refractivity contribution is -0.135. The topological polar surface area (TPSA) is 106 Å². The second-order valence-electron chi connectivity index (χ2n) is 7.97. The van der Waals surface area contributed by atoms with Crippen LogP contribution in [0.1, 0.15) is 37.2 Å². The second kappa shape index (κ2) is 7.47. The predicted octanol–water partition coefficient (Wildman–Crippen LogP) is 1.35. The van der Waals surface area contributed by atoms with Crippen molar-refractivity contribution in [2.24, 2.45) is 13.0 Å². The molecule has 2 unspecified atom stereocenters. The predicted molar refractivity (Wildman–Crippen MR) is 108 cm³/mol. The molecular weight excluding hydrogens is 386 g/mol. The summed E-state index contributed by atoms with van der Waals surface area (Å²) in [6, 6.07) is 6.22. The van der Waals surface area contributed by atoms with Gasteiger partial charge in [0.25, 0.3) is 5.91 Å². The highest BCUT2D eigenvalue weighted by atomic mass is 16.5. The molecule has 2 fully saturated rings. The van der Waals surface area contributed by atoms with E-state index in [0.29, 0.717) is 11.6 Å². The van der Waals surface area contributed by atoms with E-state index in [-0.39, 0.29) is 18.4 Å². The summed E-state index contributed by atoms with van der Waals surface area (Å²) in [6.07, 6.45) is 5.25. The first-order chi connectivity index (χ1) is 14.3. The molecule has 1 saturated heterocycles. The molecule has 1 aliphatic heterocycles. The summed E-state index contributed by atoms with van der Waals surface area (Å²) in [6.45, 7) is 1.39. The SMILES string of the molecule is COc1ccc(C(NC(=O)CN2C(=O)NC(C)(C3CC3)C2=O)c2nccn2C)cc1. The van der Waals surface area contributed by atoms with Crippen LogP contribution in [0.5, 0.6) is 5.75 Å². The highest BCUT2D eigenvalue weighted by Crippen LogP contribution is 2.42. The second-order valence-corrected chi connectivity index (χ2v) is 7.97. The molecule has 4 amide bonds. The Labute approximate surface area is 174 Å². The number of carbonyl (C=O) groups is 3. The molecule has 4 rings (SSSR count). The summed E-state index contributed by atoms with van der Waals surface area (Å²) in [4.78, 5) is 43.4. The zero-order valence-corrected chi connectivity index (χ0v) is 17.2. The number of aryl methyl sites for hydroxylation is 1. The van der Waals surface area contributed by atoms with Crippen LogP contribution in [0.25, 0.3) is 0 Å². The molecular formula is C21H25N5O4. The summed E-state index contributed by atoms with van der Waals surface area (Å²) in [5.74, 6) is 0.683. The quantitative estimate of drug-likeness (QED) is 0.669. The number of imidazole rings is 1. The van der Waals surface area contributed by atoms with Crippen LogP contribution < -0.4 is 15.4 Å². The summed E-state index contributed by atoms with van der Waals surface area (Å²) >= 11 is 0. The number of hydrogen-bond acceptors (Lipinski definition) is 5. The van der Waals surface area contributed by atoms with Crippen molar-refractivity contribution in [3.8, 4) is 5.75 Å².